The number of carbonyl (C=O) groups excluding carboxylic acids is 1. The first-order chi connectivity index (χ1) is 14.0. The Labute approximate surface area is 172 Å². The molecule has 0 aliphatic carbocycles. The third-order valence-corrected chi connectivity index (χ3v) is 4.95. The van der Waals surface area contributed by atoms with Crippen molar-refractivity contribution < 1.29 is 4.79 Å². The highest BCUT2D eigenvalue weighted by Gasteiger charge is 2.31. The molecule has 29 heavy (non-hydrogen) atoms. The van der Waals surface area contributed by atoms with Crippen molar-refractivity contribution in [2.24, 2.45) is 0 Å². The molecule has 1 aromatic heterocycles. The number of rotatable bonds is 4. The summed E-state index contributed by atoms with van der Waals surface area (Å²) in [5.41, 5.74) is 2.62. The van der Waals surface area contributed by atoms with E-state index in [9.17, 15) is 10.1 Å². The lowest BCUT2D eigenvalue weighted by Gasteiger charge is -2.19. The Morgan fingerprint density at radius 1 is 1.07 bits per heavy atom. The smallest absolute Gasteiger partial charge is 0.204 e. The van der Waals surface area contributed by atoms with Gasteiger partial charge in [0.15, 0.2) is 5.78 Å². The van der Waals surface area contributed by atoms with Crippen LogP contribution < -0.4 is 9.80 Å². The summed E-state index contributed by atoms with van der Waals surface area (Å²) in [5, 5.41) is 22.5. The Hall–Kier alpha value is -3.70. The van der Waals surface area contributed by atoms with Crippen LogP contribution in [0.4, 0.5) is 11.4 Å². The summed E-state index contributed by atoms with van der Waals surface area (Å²) in [6.07, 6.45) is 0. The van der Waals surface area contributed by atoms with Gasteiger partial charge in [0, 0.05) is 24.7 Å². The first-order valence-electron chi connectivity index (χ1n) is 8.77. The number of hydrogen-bond acceptors (Lipinski definition) is 7. The molecule has 4 rings (SSSR count). The van der Waals surface area contributed by atoms with E-state index in [0.717, 1.165) is 16.9 Å². The zero-order valence-corrected chi connectivity index (χ0v) is 16.5. The van der Waals surface area contributed by atoms with Crippen LogP contribution in [0.3, 0.4) is 0 Å². The molecule has 0 amide bonds. The molecule has 0 N–H and O–H groups in total. The minimum atomic E-state index is -0.394. The highest BCUT2D eigenvalue weighted by Crippen LogP contribution is 2.40. The highest BCUT2D eigenvalue weighted by atomic mass is 35.5. The number of Topliss-reactive ketones (excluding diaryl/α,β-unsaturated/α-hetero) is 1. The molecule has 2 heterocycles. The normalized spacial score (nSPS) is 12.7. The van der Waals surface area contributed by atoms with Crippen LogP contribution in [0.5, 0.6) is 0 Å². The van der Waals surface area contributed by atoms with Crippen LogP contribution in [-0.4, -0.2) is 40.1 Å². The molecule has 1 aliphatic rings. The van der Waals surface area contributed by atoms with E-state index >= 15 is 0 Å². The molecule has 0 bridgehead atoms. The van der Waals surface area contributed by atoms with E-state index in [1.807, 2.05) is 54.2 Å². The zero-order chi connectivity index (χ0) is 20.5. The number of tetrazole rings is 1. The standard InChI is InChI=1S/C20H16ClN7O/c1-26-16-5-3-4-6-17(16)27(2)20(26)15(11-22)18(29)12-28-24-19(23-25-28)13-7-9-14(21)10-8-13/h3-10H,12H2,1-2H3. The molecule has 144 valence electrons. The number of halogens is 1. The SMILES string of the molecule is CN1C(=C(C#N)C(=O)Cn2nnc(-c3ccc(Cl)cc3)n2)N(C)c2ccccc21. The molecule has 1 aliphatic heterocycles. The second-order valence-corrected chi connectivity index (χ2v) is 6.93. The summed E-state index contributed by atoms with van der Waals surface area (Å²) in [6.45, 7) is -0.189. The van der Waals surface area contributed by atoms with Gasteiger partial charge < -0.3 is 9.80 Å². The van der Waals surface area contributed by atoms with Crippen molar-refractivity contribution in [2.75, 3.05) is 23.9 Å². The fourth-order valence-corrected chi connectivity index (χ4v) is 3.42. The maximum atomic E-state index is 12.9. The second kappa shape index (κ2) is 7.37. The first kappa shape index (κ1) is 18.7. The van der Waals surface area contributed by atoms with Crippen LogP contribution in [0.15, 0.2) is 59.9 Å². The van der Waals surface area contributed by atoms with Crippen molar-refractivity contribution in [1.29, 1.82) is 5.26 Å². The zero-order valence-electron chi connectivity index (χ0n) is 15.7. The minimum Gasteiger partial charge on any atom is -0.328 e. The van der Waals surface area contributed by atoms with Crippen LogP contribution in [0, 0.1) is 11.3 Å². The monoisotopic (exact) mass is 405 g/mol. The molecule has 0 saturated heterocycles. The summed E-state index contributed by atoms with van der Waals surface area (Å²) < 4.78 is 0. The molecule has 9 heteroatoms. The van der Waals surface area contributed by atoms with Gasteiger partial charge in [-0.1, -0.05) is 23.7 Å². The lowest BCUT2D eigenvalue weighted by Crippen LogP contribution is -2.27. The van der Waals surface area contributed by atoms with Gasteiger partial charge in [-0.2, -0.15) is 10.1 Å². The number of nitrogens with zero attached hydrogens (tertiary/aromatic N) is 7. The largest absolute Gasteiger partial charge is 0.328 e. The summed E-state index contributed by atoms with van der Waals surface area (Å²) >= 11 is 5.89. The number of allylic oxidation sites excluding steroid dienone is 1. The molecule has 2 aromatic carbocycles. The average Bonchev–Trinajstić information content (AvgIpc) is 3.28. The fraction of sp³-hybridized carbons (Fsp3) is 0.150. The Balaban J connectivity index is 1.61. The average molecular weight is 406 g/mol. The Kier molecular flexibility index (Phi) is 4.74. The van der Waals surface area contributed by atoms with E-state index in [4.69, 9.17) is 11.6 Å². The van der Waals surface area contributed by atoms with Crippen molar-refractivity contribution in [3.05, 3.63) is 64.9 Å². The molecular formula is C20H16ClN7O. The molecule has 3 aromatic rings. The molecule has 0 spiro atoms. The Morgan fingerprint density at radius 2 is 1.69 bits per heavy atom. The fourth-order valence-electron chi connectivity index (χ4n) is 3.29. The third-order valence-electron chi connectivity index (χ3n) is 4.69. The number of nitriles is 1. The number of anilines is 2. The van der Waals surface area contributed by atoms with E-state index in [1.165, 1.54) is 4.80 Å². The van der Waals surface area contributed by atoms with Gasteiger partial charge in [0.05, 0.1) is 11.4 Å². The van der Waals surface area contributed by atoms with Gasteiger partial charge in [-0.25, -0.2) is 0 Å². The summed E-state index contributed by atoms with van der Waals surface area (Å²) in [4.78, 5) is 17.7. The van der Waals surface area contributed by atoms with Crippen LogP contribution in [0.1, 0.15) is 0 Å². The highest BCUT2D eigenvalue weighted by molar-refractivity contribution is 6.30. The van der Waals surface area contributed by atoms with E-state index < -0.39 is 5.78 Å². The maximum Gasteiger partial charge on any atom is 0.204 e. The van der Waals surface area contributed by atoms with Crippen molar-refractivity contribution in [3.8, 4) is 17.5 Å². The van der Waals surface area contributed by atoms with Crippen molar-refractivity contribution in [2.45, 2.75) is 6.54 Å². The van der Waals surface area contributed by atoms with Crippen LogP contribution in [0.2, 0.25) is 5.02 Å². The number of hydrogen-bond donors (Lipinski definition) is 0. The van der Waals surface area contributed by atoms with Gasteiger partial charge in [0.2, 0.25) is 5.82 Å². The molecule has 0 fully saturated rings. The van der Waals surface area contributed by atoms with Crippen molar-refractivity contribution >= 4 is 28.8 Å². The number of carbonyl (C=O) groups is 1. The van der Waals surface area contributed by atoms with Crippen molar-refractivity contribution in [1.82, 2.24) is 20.2 Å². The summed E-state index contributed by atoms with van der Waals surface area (Å²) in [5.74, 6) is 0.508. The number of benzene rings is 2. The summed E-state index contributed by atoms with van der Waals surface area (Å²) in [6, 6.07) is 16.8. The topological polar surface area (TPSA) is 90.9 Å². The van der Waals surface area contributed by atoms with E-state index in [-0.39, 0.29) is 12.1 Å². The summed E-state index contributed by atoms with van der Waals surface area (Å²) in [7, 11) is 3.66. The van der Waals surface area contributed by atoms with Crippen LogP contribution in [0.25, 0.3) is 11.4 Å². The van der Waals surface area contributed by atoms with Crippen LogP contribution in [-0.2, 0) is 11.3 Å². The van der Waals surface area contributed by atoms with Crippen LogP contribution >= 0.6 is 11.6 Å². The van der Waals surface area contributed by atoms with E-state index in [0.29, 0.717) is 16.7 Å². The first-order valence-corrected chi connectivity index (χ1v) is 9.15. The third kappa shape index (κ3) is 3.32. The Morgan fingerprint density at radius 3 is 2.28 bits per heavy atom. The van der Waals surface area contributed by atoms with E-state index in [2.05, 4.69) is 15.4 Å². The molecule has 0 radical (unpaired) electrons. The van der Waals surface area contributed by atoms with Crippen molar-refractivity contribution in [3.63, 3.8) is 0 Å². The molecule has 8 nitrogen and oxygen atoms in total. The lowest BCUT2D eigenvalue weighted by molar-refractivity contribution is -0.116. The number of aromatic nitrogens is 4. The molecule has 0 unspecified atom stereocenters. The van der Waals surface area contributed by atoms with Gasteiger partial charge in [0.1, 0.15) is 24.0 Å². The van der Waals surface area contributed by atoms with E-state index in [1.54, 1.807) is 24.3 Å². The second-order valence-electron chi connectivity index (χ2n) is 6.49. The predicted molar refractivity (Wildman–Crippen MR) is 109 cm³/mol. The van der Waals surface area contributed by atoms with Gasteiger partial charge in [0.25, 0.3) is 0 Å². The van der Waals surface area contributed by atoms with Gasteiger partial charge in [-0.05, 0) is 41.6 Å². The quantitative estimate of drug-likeness (QED) is 0.486. The van der Waals surface area contributed by atoms with Gasteiger partial charge >= 0.3 is 0 Å². The molecule has 0 saturated carbocycles. The minimum absolute atomic E-state index is 0.0385. The predicted octanol–water partition coefficient (Wildman–Crippen LogP) is 2.88. The Bertz CT molecular complexity index is 1130. The number of para-hydroxylation sites is 2. The maximum absolute atomic E-state index is 12.9. The number of ketones is 1. The molecule has 0 atom stereocenters. The number of fused-ring (bicyclic) bond motifs is 1. The lowest BCUT2D eigenvalue weighted by atomic mass is 10.1. The van der Waals surface area contributed by atoms with Gasteiger partial charge in [-0.3, -0.25) is 4.79 Å². The molecular weight excluding hydrogens is 390 g/mol. The van der Waals surface area contributed by atoms with Gasteiger partial charge in [-0.15, -0.1) is 10.2 Å².